The van der Waals surface area contributed by atoms with Crippen LogP contribution >= 0.6 is 0 Å². The minimum Gasteiger partial charge on any atom is -0.497 e. The lowest BCUT2D eigenvalue weighted by molar-refractivity contribution is 0.272. The number of ether oxygens (including phenoxy) is 1. The van der Waals surface area contributed by atoms with Crippen molar-refractivity contribution < 1.29 is 9.84 Å². The molecular weight excluding hydrogens is 278 g/mol. The van der Waals surface area contributed by atoms with E-state index in [-0.39, 0.29) is 12.2 Å². The smallest absolute Gasteiger partial charge is 0.258 e. The minimum atomic E-state index is -0.205. The lowest BCUT2D eigenvalue weighted by Crippen LogP contribution is -2.22. The average Bonchev–Trinajstić information content (AvgIpc) is 2.58. The Balaban J connectivity index is 2.51. The number of aromatic nitrogens is 1. The second-order valence-corrected chi connectivity index (χ2v) is 5.12. The van der Waals surface area contributed by atoms with Gasteiger partial charge in [0.05, 0.1) is 19.4 Å². The van der Waals surface area contributed by atoms with Crippen molar-refractivity contribution in [1.82, 2.24) is 4.57 Å². The minimum absolute atomic E-state index is 0.124. The normalized spacial score (nSPS) is 10.9. The summed E-state index contributed by atoms with van der Waals surface area (Å²) >= 11 is 0. The number of fused-ring (bicyclic) bond motifs is 1. The van der Waals surface area contributed by atoms with Gasteiger partial charge in [0, 0.05) is 23.4 Å². The molecule has 0 amide bonds. The van der Waals surface area contributed by atoms with Crippen molar-refractivity contribution in [1.29, 1.82) is 0 Å². The summed E-state index contributed by atoms with van der Waals surface area (Å²) in [5.41, 5.74) is 2.29. The van der Waals surface area contributed by atoms with E-state index in [1.807, 2.05) is 36.4 Å². The van der Waals surface area contributed by atoms with Gasteiger partial charge in [0.25, 0.3) is 5.56 Å². The first-order chi connectivity index (χ1) is 10.7. The topological polar surface area (TPSA) is 51.5 Å². The van der Waals surface area contributed by atoms with Gasteiger partial charge in [0.15, 0.2) is 0 Å². The molecule has 0 saturated carbocycles. The molecular formula is C18H17NO3. The molecule has 0 aliphatic rings. The Morgan fingerprint density at radius 3 is 2.45 bits per heavy atom. The number of benzene rings is 2. The van der Waals surface area contributed by atoms with Gasteiger partial charge in [0.1, 0.15) is 5.75 Å². The Hall–Kier alpha value is -2.59. The van der Waals surface area contributed by atoms with Gasteiger partial charge in [-0.25, -0.2) is 0 Å². The Morgan fingerprint density at radius 1 is 1.09 bits per heavy atom. The fourth-order valence-electron chi connectivity index (χ4n) is 2.78. The van der Waals surface area contributed by atoms with E-state index in [9.17, 15) is 9.90 Å². The zero-order valence-electron chi connectivity index (χ0n) is 12.5. The molecule has 3 rings (SSSR count). The van der Waals surface area contributed by atoms with Gasteiger partial charge in [-0.3, -0.25) is 4.79 Å². The number of rotatable bonds is 3. The summed E-state index contributed by atoms with van der Waals surface area (Å²) in [5, 5.41) is 11.2. The number of hydrogen-bond acceptors (Lipinski definition) is 3. The summed E-state index contributed by atoms with van der Waals surface area (Å²) in [4.78, 5) is 12.5. The van der Waals surface area contributed by atoms with E-state index in [2.05, 4.69) is 0 Å². The summed E-state index contributed by atoms with van der Waals surface area (Å²) in [5.74, 6) is 0.682. The zero-order chi connectivity index (χ0) is 15.7. The molecule has 0 bridgehead atoms. The maximum atomic E-state index is 12.5. The summed E-state index contributed by atoms with van der Waals surface area (Å²) in [6.07, 6.45) is 0. The lowest BCUT2D eigenvalue weighted by Gasteiger charge is -2.16. The third-order valence-corrected chi connectivity index (χ3v) is 3.94. The quantitative estimate of drug-likeness (QED) is 0.808. The monoisotopic (exact) mass is 295 g/mol. The zero-order valence-corrected chi connectivity index (χ0v) is 12.5. The first kappa shape index (κ1) is 14.4. The molecule has 4 heteroatoms. The molecule has 0 radical (unpaired) electrons. The summed E-state index contributed by atoms with van der Waals surface area (Å²) in [6, 6.07) is 15.1. The lowest BCUT2D eigenvalue weighted by atomic mass is 9.97. The van der Waals surface area contributed by atoms with E-state index in [1.54, 1.807) is 26.3 Å². The van der Waals surface area contributed by atoms with Crippen molar-refractivity contribution in [3.8, 4) is 16.9 Å². The van der Waals surface area contributed by atoms with Gasteiger partial charge >= 0.3 is 0 Å². The van der Waals surface area contributed by atoms with Gasteiger partial charge in [0.2, 0.25) is 0 Å². The van der Waals surface area contributed by atoms with E-state index in [4.69, 9.17) is 4.74 Å². The van der Waals surface area contributed by atoms with Crippen LogP contribution in [0.25, 0.3) is 21.9 Å². The number of aliphatic hydroxyl groups excluding tert-OH is 1. The van der Waals surface area contributed by atoms with E-state index in [0.717, 1.165) is 16.5 Å². The second kappa shape index (κ2) is 5.66. The van der Waals surface area contributed by atoms with Crippen LogP contribution in [0.5, 0.6) is 5.75 Å². The number of methoxy groups -OCH3 is 1. The molecule has 22 heavy (non-hydrogen) atoms. The number of hydrogen-bond donors (Lipinski definition) is 1. The molecule has 1 aromatic heterocycles. The fraction of sp³-hybridized carbons (Fsp3) is 0.167. The third kappa shape index (κ3) is 2.18. The predicted octanol–water partition coefficient (Wildman–Crippen LogP) is 2.71. The van der Waals surface area contributed by atoms with E-state index >= 15 is 0 Å². The number of nitrogens with zero attached hydrogens (tertiary/aromatic N) is 1. The molecule has 2 aromatic carbocycles. The van der Waals surface area contributed by atoms with E-state index in [1.165, 1.54) is 4.57 Å². The molecule has 0 aliphatic carbocycles. The van der Waals surface area contributed by atoms with Gasteiger partial charge in [-0.15, -0.1) is 0 Å². The predicted molar refractivity (Wildman–Crippen MR) is 87.1 cm³/mol. The molecule has 4 nitrogen and oxygen atoms in total. The Bertz CT molecular complexity index is 882. The van der Waals surface area contributed by atoms with Crippen LogP contribution in [0.3, 0.4) is 0 Å². The molecule has 0 atom stereocenters. The average molecular weight is 295 g/mol. The standard InChI is InChI=1S/C18H17NO3/c1-19-16(11-20)17(12-6-4-3-5-7-12)15-10-13(22-2)8-9-14(15)18(19)21/h3-10,20H,11H2,1-2H3. The van der Waals surface area contributed by atoms with Crippen LogP contribution in [0.15, 0.2) is 53.3 Å². The molecule has 0 unspecified atom stereocenters. The van der Waals surface area contributed by atoms with Crippen LogP contribution in [0.2, 0.25) is 0 Å². The van der Waals surface area contributed by atoms with Gasteiger partial charge in [-0.2, -0.15) is 0 Å². The largest absolute Gasteiger partial charge is 0.497 e. The van der Waals surface area contributed by atoms with Crippen LogP contribution in [-0.4, -0.2) is 16.8 Å². The summed E-state index contributed by atoms with van der Waals surface area (Å²) in [6.45, 7) is -0.205. The van der Waals surface area contributed by atoms with Crippen molar-refractivity contribution in [3.63, 3.8) is 0 Å². The Kier molecular flexibility index (Phi) is 3.69. The first-order valence-corrected chi connectivity index (χ1v) is 7.03. The molecule has 0 saturated heterocycles. The molecule has 3 aromatic rings. The van der Waals surface area contributed by atoms with Crippen LogP contribution in [-0.2, 0) is 13.7 Å². The highest BCUT2D eigenvalue weighted by Crippen LogP contribution is 2.32. The SMILES string of the molecule is COc1ccc2c(=O)n(C)c(CO)c(-c3ccccc3)c2c1. The third-order valence-electron chi connectivity index (χ3n) is 3.94. The highest BCUT2D eigenvalue weighted by Gasteiger charge is 2.16. The molecule has 0 spiro atoms. The van der Waals surface area contributed by atoms with E-state index < -0.39 is 0 Å². The highest BCUT2D eigenvalue weighted by molar-refractivity contribution is 5.98. The highest BCUT2D eigenvalue weighted by atomic mass is 16.5. The van der Waals surface area contributed by atoms with Crippen LogP contribution in [0, 0.1) is 0 Å². The van der Waals surface area contributed by atoms with E-state index in [0.29, 0.717) is 16.8 Å². The van der Waals surface area contributed by atoms with Gasteiger partial charge in [-0.05, 0) is 23.8 Å². The van der Waals surface area contributed by atoms with Crippen molar-refractivity contribution in [2.45, 2.75) is 6.61 Å². The first-order valence-electron chi connectivity index (χ1n) is 7.03. The molecule has 0 fully saturated rings. The molecule has 112 valence electrons. The van der Waals surface area contributed by atoms with Crippen LogP contribution in [0.4, 0.5) is 0 Å². The second-order valence-electron chi connectivity index (χ2n) is 5.12. The van der Waals surface area contributed by atoms with Crippen molar-refractivity contribution in [2.24, 2.45) is 7.05 Å². The Labute approximate surface area is 128 Å². The summed E-state index contributed by atoms with van der Waals surface area (Å²) in [7, 11) is 3.28. The fourth-order valence-corrected chi connectivity index (χ4v) is 2.78. The van der Waals surface area contributed by atoms with Crippen LogP contribution in [0.1, 0.15) is 5.69 Å². The molecule has 1 heterocycles. The van der Waals surface area contributed by atoms with Gasteiger partial charge < -0.3 is 14.4 Å². The van der Waals surface area contributed by atoms with Crippen molar-refractivity contribution in [3.05, 3.63) is 64.6 Å². The number of aliphatic hydroxyl groups is 1. The van der Waals surface area contributed by atoms with Gasteiger partial charge in [-0.1, -0.05) is 30.3 Å². The molecule has 1 N–H and O–H groups in total. The van der Waals surface area contributed by atoms with Crippen molar-refractivity contribution >= 4 is 10.8 Å². The summed E-state index contributed by atoms with van der Waals surface area (Å²) < 4.78 is 6.80. The Morgan fingerprint density at radius 2 is 1.82 bits per heavy atom. The molecule has 0 aliphatic heterocycles. The van der Waals surface area contributed by atoms with Crippen molar-refractivity contribution in [2.75, 3.05) is 7.11 Å². The maximum Gasteiger partial charge on any atom is 0.258 e. The van der Waals surface area contributed by atoms with Crippen LogP contribution < -0.4 is 10.3 Å². The maximum absolute atomic E-state index is 12.5. The number of pyridine rings is 1.